The number of nitrogens with zero attached hydrogens (tertiary/aromatic N) is 1. The number of benzene rings is 2. The Bertz CT molecular complexity index is 972. The van der Waals surface area contributed by atoms with Crippen molar-refractivity contribution in [1.29, 1.82) is 0 Å². The fraction of sp³-hybridized carbons (Fsp3) is 0.100. The monoisotopic (exact) mass is 389 g/mol. The van der Waals surface area contributed by atoms with Gasteiger partial charge in [0.15, 0.2) is 0 Å². The van der Waals surface area contributed by atoms with Gasteiger partial charge >= 0.3 is 6.18 Å². The lowest BCUT2D eigenvalue weighted by Crippen LogP contribution is -2.17. The second-order valence-electron chi connectivity index (χ2n) is 5.94. The predicted molar refractivity (Wildman–Crippen MR) is 97.4 cm³/mol. The SMILES string of the molecule is O=C(Nc1ccccc1C(F)(F)F)c1cncc(NCc2ccc(F)cc2)c1. The lowest BCUT2D eigenvalue weighted by atomic mass is 10.1. The highest BCUT2D eigenvalue weighted by Gasteiger charge is 2.33. The van der Waals surface area contributed by atoms with Crippen molar-refractivity contribution in [2.75, 3.05) is 10.6 Å². The molecule has 3 aromatic rings. The number of carbonyl (C=O) groups is 1. The fourth-order valence-electron chi connectivity index (χ4n) is 2.50. The van der Waals surface area contributed by atoms with Crippen LogP contribution in [-0.4, -0.2) is 10.9 Å². The number of carbonyl (C=O) groups excluding carboxylic acids is 1. The first kappa shape index (κ1) is 19.3. The summed E-state index contributed by atoms with van der Waals surface area (Å²) in [5.41, 5.74) is 0.157. The highest BCUT2D eigenvalue weighted by atomic mass is 19.4. The largest absolute Gasteiger partial charge is 0.418 e. The number of halogens is 4. The molecule has 0 saturated heterocycles. The Labute approximate surface area is 158 Å². The molecule has 2 N–H and O–H groups in total. The third-order valence-electron chi connectivity index (χ3n) is 3.89. The summed E-state index contributed by atoms with van der Waals surface area (Å²) in [4.78, 5) is 16.3. The zero-order valence-corrected chi connectivity index (χ0v) is 14.4. The molecule has 28 heavy (non-hydrogen) atoms. The van der Waals surface area contributed by atoms with Gasteiger partial charge in [0.05, 0.1) is 22.5 Å². The number of nitrogens with one attached hydrogen (secondary N) is 2. The van der Waals surface area contributed by atoms with Crippen LogP contribution in [0.3, 0.4) is 0 Å². The highest BCUT2D eigenvalue weighted by Crippen LogP contribution is 2.34. The van der Waals surface area contributed by atoms with E-state index >= 15 is 0 Å². The third kappa shape index (κ3) is 4.85. The Kier molecular flexibility index (Phi) is 5.58. The van der Waals surface area contributed by atoms with E-state index < -0.39 is 17.6 Å². The highest BCUT2D eigenvalue weighted by molar-refractivity contribution is 6.05. The number of alkyl halides is 3. The molecule has 0 unspecified atom stereocenters. The Balaban J connectivity index is 1.72. The van der Waals surface area contributed by atoms with E-state index in [0.717, 1.165) is 11.6 Å². The average Bonchev–Trinajstić information content (AvgIpc) is 2.67. The normalized spacial score (nSPS) is 11.1. The summed E-state index contributed by atoms with van der Waals surface area (Å²) in [5.74, 6) is -1.06. The Morgan fingerprint density at radius 3 is 2.43 bits per heavy atom. The van der Waals surface area contributed by atoms with Crippen LogP contribution >= 0.6 is 0 Å². The molecular weight excluding hydrogens is 374 g/mol. The predicted octanol–water partition coefficient (Wildman–Crippen LogP) is 5.10. The summed E-state index contributed by atoms with van der Waals surface area (Å²) in [6, 6.07) is 12.1. The van der Waals surface area contributed by atoms with Crippen LogP contribution in [-0.2, 0) is 12.7 Å². The molecule has 0 atom stereocenters. The van der Waals surface area contributed by atoms with Gasteiger partial charge in [0.25, 0.3) is 5.91 Å². The van der Waals surface area contributed by atoms with Gasteiger partial charge in [-0.25, -0.2) is 4.39 Å². The lowest BCUT2D eigenvalue weighted by molar-refractivity contribution is -0.136. The molecule has 8 heteroatoms. The van der Waals surface area contributed by atoms with E-state index in [-0.39, 0.29) is 17.1 Å². The molecule has 0 fully saturated rings. The number of rotatable bonds is 5. The smallest absolute Gasteiger partial charge is 0.380 e. The number of amides is 1. The van der Waals surface area contributed by atoms with Crippen molar-refractivity contribution >= 4 is 17.3 Å². The number of para-hydroxylation sites is 1. The number of hydrogen-bond acceptors (Lipinski definition) is 3. The summed E-state index contributed by atoms with van der Waals surface area (Å²) >= 11 is 0. The van der Waals surface area contributed by atoms with Crippen molar-refractivity contribution in [2.24, 2.45) is 0 Å². The quantitative estimate of drug-likeness (QED) is 0.597. The van der Waals surface area contributed by atoms with Gasteiger partial charge in [0.1, 0.15) is 5.82 Å². The van der Waals surface area contributed by atoms with E-state index in [1.807, 2.05) is 0 Å². The third-order valence-corrected chi connectivity index (χ3v) is 3.89. The minimum atomic E-state index is -4.58. The molecule has 0 spiro atoms. The van der Waals surface area contributed by atoms with Crippen molar-refractivity contribution in [1.82, 2.24) is 4.98 Å². The summed E-state index contributed by atoms with van der Waals surface area (Å²) < 4.78 is 52.1. The zero-order chi connectivity index (χ0) is 20.1. The van der Waals surface area contributed by atoms with E-state index in [0.29, 0.717) is 12.2 Å². The molecule has 0 aliphatic heterocycles. The number of anilines is 2. The first-order valence-corrected chi connectivity index (χ1v) is 8.24. The van der Waals surface area contributed by atoms with Gasteiger partial charge in [-0.2, -0.15) is 13.2 Å². The fourth-order valence-corrected chi connectivity index (χ4v) is 2.50. The van der Waals surface area contributed by atoms with Crippen LogP contribution in [0.1, 0.15) is 21.5 Å². The van der Waals surface area contributed by atoms with Crippen LogP contribution < -0.4 is 10.6 Å². The number of pyridine rings is 1. The minimum Gasteiger partial charge on any atom is -0.380 e. The van der Waals surface area contributed by atoms with Gasteiger partial charge in [0, 0.05) is 18.9 Å². The molecule has 1 amide bonds. The second-order valence-corrected chi connectivity index (χ2v) is 5.94. The second kappa shape index (κ2) is 8.08. The van der Waals surface area contributed by atoms with E-state index in [2.05, 4.69) is 15.6 Å². The summed E-state index contributed by atoms with van der Waals surface area (Å²) in [6.07, 6.45) is -1.85. The van der Waals surface area contributed by atoms with Gasteiger partial charge < -0.3 is 10.6 Å². The van der Waals surface area contributed by atoms with Crippen LogP contribution in [0.5, 0.6) is 0 Å². The van der Waals surface area contributed by atoms with Crippen molar-refractivity contribution in [3.63, 3.8) is 0 Å². The molecule has 2 aromatic carbocycles. The van der Waals surface area contributed by atoms with E-state index in [4.69, 9.17) is 0 Å². The Hall–Kier alpha value is -3.42. The molecule has 3 rings (SSSR count). The van der Waals surface area contributed by atoms with E-state index in [1.165, 1.54) is 48.8 Å². The molecule has 0 aliphatic carbocycles. The van der Waals surface area contributed by atoms with Crippen LogP contribution in [0, 0.1) is 5.82 Å². The van der Waals surface area contributed by atoms with Gasteiger partial charge in [-0.3, -0.25) is 9.78 Å². The Morgan fingerprint density at radius 1 is 1.00 bits per heavy atom. The molecule has 0 saturated carbocycles. The van der Waals surface area contributed by atoms with Crippen LogP contribution in [0.25, 0.3) is 0 Å². The van der Waals surface area contributed by atoms with Crippen molar-refractivity contribution in [3.8, 4) is 0 Å². The molecule has 1 aromatic heterocycles. The minimum absolute atomic E-state index is 0.0982. The topological polar surface area (TPSA) is 54.0 Å². The van der Waals surface area contributed by atoms with Crippen LogP contribution in [0.4, 0.5) is 28.9 Å². The van der Waals surface area contributed by atoms with Crippen LogP contribution in [0.15, 0.2) is 67.0 Å². The summed E-state index contributed by atoms with van der Waals surface area (Å²) in [6.45, 7) is 0.365. The van der Waals surface area contributed by atoms with Gasteiger partial charge in [-0.05, 0) is 35.9 Å². The maximum atomic E-state index is 13.1. The lowest BCUT2D eigenvalue weighted by Gasteiger charge is -2.14. The van der Waals surface area contributed by atoms with Crippen molar-refractivity contribution < 1.29 is 22.4 Å². The first-order valence-electron chi connectivity index (χ1n) is 8.24. The van der Waals surface area contributed by atoms with Crippen molar-refractivity contribution in [2.45, 2.75) is 12.7 Å². The Morgan fingerprint density at radius 2 is 1.71 bits per heavy atom. The first-order chi connectivity index (χ1) is 13.3. The molecule has 0 bridgehead atoms. The van der Waals surface area contributed by atoms with Gasteiger partial charge in [0.2, 0.25) is 0 Å². The number of aromatic nitrogens is 1. The molecule has 0 aliphatic rings. The van der Waals surface area contributed by atoms with Gasteiger partial charge in [-0.1, -0.05) is 24.3 Å². The molecule has 0 radical (unpaired) electrons. The maximum Gasteiger partial charge on any atom is 0.418 e. The zero-order valence-electron chi connectivity index (χ0n) is 14.4. The van der Waals surface area contributed by atoms with Crippen LogP contribution in [0.2, 0.25) is 0 Å². The molecular formula is C20H15F4N3O. The summed E-state index contributed by atoms with van der Waals surface area (Å²) in [7, 11) is 0. The van der Waals surface area contributed by atoms with Crippen molar-refractivity contribution in [3.05, 3.63) is 89.5 Å². The average molecular weight is 389 g/mol. The number of hydrogen-bond donors (Lipinski definition) is 2. The standard InChI is InChI=1S/C20H15F4N3O/c21-15-7-5-13(6-8-15)10-26-16-9-14(11-25-12-16)19(28)27-18-4-2-1-3-17(18)20(22,23)24/h1-9,11-12,26H,10H2,(H,27,28). The molecule has 144 valence electrons. The molecule has 1 heterocycles. The maximum absolute atomic E-state index is 13.1. The molecule has 4 nitrogen and oxygen atoms in total. The van der Waals surface area contributed by atoms with E-state index in [9.17, 15) is 22.4 Å². The summed E-state index contributed by atoms with van der Waals surface area (Å²) in [5, 5.41) is 5.30. The van der Waals surface area contributed by atoms with E-state index in [1.54, 1.807) is 12.1 Å². The van der Waals surface area contributed by atoms with Gasteiger partial charge in [-0.15, -0.1) is 0 Å².